The first-order valence-electron chi connectivity index (χ1n) is 3.73. The van der Waals surface area contributed by atoms with Gasteiger partial charge in [0.15, 0.2) is 4.33 Å². The smallest absolute Gasteiger partial charge is 0.121 e. The summed E-state index contributed by atoms with van der Waals surface area (Å²) in [6, 6.07) is 0. The summed E-state index contributed by atoms with van der Waals surface area (Å²) in [4.78, 5) is -1.36. The van der Waals surface area contributed by atoms with E-state index in [4.69, 9.17) is 58.0 Å². The molecule has 0 heterocycles. The molecule has 0 aromatic carbocycles. The van der Waals surface area contributed by atoms with E-state index in [1.807, 2.05) is 0 Å². The van der Waals surface area contributed by atoms with Crippen molar-refractivity contribution in [1.82, 2.24) is 0 Å². The van der Waals surface area contributed by atoms with Gasteiger partial charge in [0.1, 0.15) is 0 Å². The monoisotopic (exact) mass is 266 g/mol. The molecule has 2 saturated carbocycles. The third-order valence-corrected chi connectivity index (χ3v) is 6.76. The fraction of sp³-hybridized carbons (Fsp3) is 1.00. The highest BCUT2D eigenvalue weighted by Gasteiger charge is 2.74. The minimum atomic E-state index is -1.09. The second-order valence-electron chi connectivity index (χ2n) is 3.57. The Morgan fingerprint density at radius 1 is 1.00 bits per heavy atom. The maximum Gasteiger partial charge on any atom is 0.157 e. The van der Waals surface area contributed by atoms with Crippen LogP contribution in [0.25, 0.3) is 0 Å². The van der Waals surface area contributed by atoms with Gasteiger partial charge in [0.2, 0.25) is 0 Å². The molecule has 2 aliphatic rings. The highest BCUT2D eigenvalue weighted by molar-refractivity contribution is 6.60. The van der Waals surface area contributed by atoms with Crippen molar-refractivity contribution in [2.45, 2.75) is 38.7 Å². The van der Waals surface area contributed by atoms with Crippen LogP contribution in [0.4, 0.5) is 0 Å². The minimum Gasteiger partial charge on any atom is -0.121 e. The molecule has 0 nitrogen and oxygen atoms in total. The first-order valence-corrected chi connectivity index (χ1v) is 5.68. The topological polar surface area (TPSA) is 0 Å². The van der Waals surface area contributed by atoms with Crippen molar-refractivity contribution >= 4 is 58.0 Å². The van der Waals surface area contributed by atoms with Crippen LogP contribution in [0.15, 0.2) is 0 Å². The van der Waals surface area contributed by atoms with Crippen molar-refractivity contribution in [2.24, 2.45) is 0 Å². The molecule has 0 spiro atoms. The Morgan fingerprint density at radius 2 is 1.58 bits per heavy atom. The summed E-state index contributed by atoms with van der Waals surface area (Å²) in [7, 11) is 0. The number of halogens is 5. The van der Waals surface area contributed by atoms with Crippen molar-refractivity contribution in [1.29, 1.82) is 0 Å². The Labute approximate surface area is 96.4 Å². The molecule has 0 aromatic heterocycles. The molecular weight excluding hydrogens is 261 g/mol. The number of hydrogen-bond donors (Lipinski definition) is 0. The Balaban J connectivity index is 2.49. The quantitative estimate of drug-likeness (QED) is 0.584. The van der Waals surface area contributed by atoms with Crippen molar-refractivity contribution in [2.75, 3.05) is 0 Å². The Kier molecular flexibility index (Phi) is 2.10. The van der Waals surface area contributed by atoms with E-state index in [0.29, 0.717) is 12.8 Å². The predicted octanol–water partition coefficient (Wildman–Crippen LogP) is 3.92. The first-order chi connectivity index (χ1) is 5.33. The Hall–Kier alpha value is 1.45. The summed E-state index contributed by atoms with van der Waals surface area (Å²) in [5.41, 5.74) is 0. The lowest BCUT2D eigenvalue weighted by atomic mass is 9.99. The van der Waals surface area contributed by atoms with Gasteiger partial charge in [0.05, 0.1) is 15.1 Å². The number of rotatable bonds is 0. The number of hydrogen-bond acceptors (Lipinski definition) is 0. The lowest BCUT2D eigenvalue weighted by Crippen LogP contribution is -2.42. The molecule has 0 aliphatic heterocycles. The molecule has 2 bridgehead atoms. The number of alkyl halides is 5. The lowest BCUT2D eigenvalue weighted by Gasteiger charge is -2.30. The van der Waals surface area contributed by atoms with E-state index in [0.717, 1.165) is 6.42 Å². The van der Waals surface area contributed by atoms with Gasteiger partial charge in [0, 0.05) is 0 Å². The Morgan fingerprint density at radius 3 is 1.75 bits per heavy atom. The van der Waals surface area contributed by atoms with E-state index in [9.17, 15) is 0 Å². The molecule has 0 amide bonds. The summed E-state index contributed by atoms with van der Waals surface area (Å²) >= 11 is 30.8. The second-order valence-corrected chi connectivity index (χ2v) is 6.83. The van der Waals surface area contributed by atoms with Crippen LogP contribution in [0, 0.1) is 0 Å². The molecule has 2 fully saturated rings. The van der Waals surface area contributed by atoms with E-state index in [-0.39, 0.29) is 5.38 Å². The van der Waals surface area contributed by atoms with Gasteiger partial charge in [-0.15, -0.1) is 34.8 Å². The van der Waals surface area contributed by atoms with Gasteiger partial charge >= 0.3 is 0 Å². The van der Waals surface area contributed by atoms with Crippen molar-refractivity contribution < 1.29 is 0 Å². The molecule has 5 heteroatoms. The fourth-order valence-corrected chi connectivity index (χ4v) is 4.44. The zero-order chi connectivity index (χ0) is 9.20. The molecule has 0 radical (unpaired) electrons. The Bertz CT molecular complexity index is 225. The van der Waals surface area contributed by atoms with Crippen molar-refractivity contribution in [3.8, 4) is 0 Å². The predicted molar refractivity (Wildman–Crippen MR) is 55.1 cm³/mol. The summed E-state index contributed by atoms with van der Waals surface area (Å²) in [6.45, 7) is 0. The minimum absolute atomic E-state index is 0.222. The van der Waals surface area contributed by atoms with E-state index >= 15 is 0 Å². The summed E-state index contributed by atoms with van der Waals surface area (Å²) < 4.78 is -1.09. The average Bonchev–Trinajstić information content (AvgIpc) is 2.18. The summed E-state index contributed by atoms with van der Waals surface area (Å²) in [5, 5.41) is -0.222. The van der Waals surface area contributed by atoms with Crippen LogP contribution < -0.4 is 0 Å². The SMILES string of the molecule is Cl[C@@H]1C[C@]2(Cl)CC[C@@]1(Cl)C2(Cl)Cl. The molecule has 70 valence electrons. The average molecular weight is 268 g/mol. The van der Waals surface area contributed by atoms with Gasteiger partial charge in [0.25, 0.3) is 0 Å². The van der Waals surface area contributed by atoms with Gasteiger partial charge in [-0.1, -0.05) is 23.2 Å². The van der Waals surface area contributed by atoms with Gasteiger partial charge in [-0.2, -0.15) is 0 Å². The maximum atomic E-state index is 6.25. The summed E-state index contributed by atoms with van der Waals surface area (Å²) in [6.07, 6.45) is 2.03. The lowest BCUT2D eigenvalue weighted by molar-refractivity contribution is 0.524. The van der Waals surface area contributed by atoms with Gasteiger partial charge in [-0.3, -0.25) is 0 Å². The van der Waals surface area contributed by atoms with E-state index in [2.05, 4.69) is 0 Å². The molecule has 2 rings (SSSR count). The third-order valence-electron chi connectivity index (χ3n) is 2.97. The molecule has 3 atom stereocenters. The van der Waals surface area contributed by atoms with E-state index < -0.39 is 14.1 Å². The van der Waals surface area contributed by atoms with Crippen LogP contribution in [-0.4, -0.2) is 19.5 Å². The molecular formula is C7H7Cl5. The molecule has 0 saturated heterocycles. The van der Waals surface area contributed by atoms with Crippen LogP contribution in [0.5, 0.6) is 0 Å². The van der Waals surface area contributed by atoms with Crippen LogP contribution in [0.1, 0.15) is 19.3 Å². The molecule has 12 heavy (non-hydrogen) atoms. The zero-order valence-electron chi connectivity index (χ0n) is 6.09. The van der Waals surface area contributed by atoms with Crippen molar-refractivity contribution in [3.05, 3.63) is 0 Å². The molecule has 2 aliphatic carbocycles. The van der Waals surface area contributed by atoms with Gasteiger partial charge in [-0.25, -0.2) is 0 Å². The standard InChI is InChI=1S/C7H7Cl5/c8-4-3-5(9)1-2-6(4,10)7(5,11)12/h4H,1-3H2/t4-,5-,6+/m1/s1. The fourth-order valence-electron chi connectivity index (χ4n) is 2.10. The van der Waals surface area contributed by atoms with E-state index in [1.54, 1.807) is 0 Å². The molecule has 0 N–H and O–H groups in total. The molecule has 0 unspecified atom stereocenters. The van der Waals surface area contributed by atoms with Crippen LogP contribution in [0.2, 0.25) is 0 Å². The van der Waals surface area contributed by atoms with Crippen LogP contribution in [0.3, 0.4) is 0 Å². The van der Waals surface area contributed by atoms with Gasteiger partial charge < -0.3 is 0 Å². The third kappa shape index (κ3) is 0.892. The van der Waals surface area contributed by atoms with Gasteiger partial charge in [-0.05, 0) is 19.3 Å². The normalized spacial score (nSPS) is 56.2. The largest absolute Gasteiger partial charge is 0.157 e. The van der Waals surface area contributed by atoms with Crippen molar-refractivity contribution in [3.63, 3.8) is 0 Å². The maximum absolute atomic E-state index is 6.25. The number of fused-ring (bicyclic) bond motifs is 2. The highest BCUT2D eigenvalue weighted by Crippen LogP contribution is 2.69. The molecule has 0 aromatic rings. The van der Waals surface area contributed by atoms with Crippen LogP contribution in [-0.2, 0) is 0 Å². The van der Waals surface area contributed by atoms with Crippen LogP contribution >= 0.6 is 58.0 Å². The summed E-state index contributed by atoms with van der Waals surface area (Å²) in [5.74, 6) is 0. The van der Waals surface area contributed by atoms with E-state index in [1.165, 1.54) is 0 Å². The highest BCUT2D eigenvalue weighted by atomic mass is 35.5. The first kappa shape index (κ1) is 9.98. The zero-order valence-corrected chi connectivity index (χ0v) is 9.87. The second kappa shape index (κ2) is 2.52.